The van der Waals surface area contributed by atoms with Crippen LogP contribution in [0.3, 0.4) is 0 Å². The molecular weight excluding hydrogens is 222 g/mol. The summed E-state index contributed by atoms with van der Waals surface area (Å²) in [6.45, 7) is 6.63. The Morgan fingerprint density at radius 3 is 2.50 bits per heavy atom. The number of hydrogen-bond acceptors (Lipinski definition) is 3. The van der Waals surface area contributed by atoms with E-state index in [0.29, 0.717) is 6.04 Å². The second-order valence-corrected chi connectivity index (χ2v) is 4.82. The van der Waals surface area contributed by atoms with Crippen molar-refractivity contribution in [2.75, 3.05) is 26.2 Å². The van der Waals surface area contributed by atoms with Crippen LogP contribution in [-0.4, -0.2) is 31.1 Å². The molecule has 0 aliphatic carbocycles. The van der Waals surface area contributed by atoms with Gasteiger partial charge in [-0.1, -0.05) is 25.5 Å². The molecule has 0 unspecified atom stereocenters. The van der Waals surface area contributed by atoms with Crippen LogP contribution in [0.5, 0.6) is 0 Å². The molecule has 1 saturated heterocycles. The lowest BCUT2D eigenvalue weighted by atomic mass is 9.99. The molecule has 96 valence electrons. The summed E-state index contributed by atoms with van der Waals surface area (Å²) in [5.41, 5.74) is 2.09. The normalized spacial score (nSPS) is 18.2. The Morgan fingerprint density at radius 2 is 1.94 bits per heavy atom. The summed E-state index contributed by atoms with van der Waals surface area (Å²) in [4.78, 5) is 2.56. The molecule has 1 aliphatic rings. The van der Waals surface area contributed by atoms with E-state index < -0.39 is 0 Å². The summed E-state index contributed by atoms with van der Waals surface area (Å²) in [5.74, 6) is 0. The molecule has 0 spiro atoms. The van der Waals surface area contributed by atoms with Crippen molar-refractivity contribution in [1.82, 2.24) is 10.2 Å². The van der Waals surface area contributed by atoms with E-state index in [0.717, 1.165) is 31.7 Å². The van der Waals surface area contributed by atoms with Crippen LogP contribution in [0.2, 0.25) is 0 Å². The monoisotopic (exact) mass is 243 g/mol. The smallest absolute Gasteiger partial charge is 0.0991 e. The van der Waals surface area contributed by atoms with Crippen molar-refractivity contribution in [2.24, 2.45) is 0 Å². The maximum Gasteiger partial charge on any atom is 0.0991 e. The standard InChI is InChI=1S/C15H21N3/c1-2-3-15(18-10-8-17-9-11-18)14-6-4-13(12-16)5-7-14/h4-7,15,17H,2-3,8-11H2,1H3/t15-/m1/s1. The Hall–Kier alpha value is -1.37. The summed E-state index contributed by atoms with van der Waals surface area (Å²) in [6.07, 6.45) is 2.38. The Bertz CT molecular complexity index is 399. The first kappa shape index (κ1) is 13.1. The third-order valence-corrected chi connectivity index (χ3v) is 3.58. The Balaban J connectivity index is 2.14. The van der Waals surface area contributed by atoms with Gasteiger partial charge in [-0.05, 0) is 24.1 Å². The maximum atomic E-state index is 8.85. The van der Waals surface area contributed by atoms with Crippen LogP contribution in [-0.2, 0) is 0 Å². The van der Waals surface area contributed by atoms with E-state index in [4.69, 9.17) is 5.26 Å². The number of rotatable bonds is 4. The van der Waals surface area contributed by atoms with Gasteiger partial charge in [0.15, 0.2) is 0 Å². The number of hydrogen-bond donors (Lipinski definition) is 1. The van der Waals surface area contributed by atoms with E-state index in [9.17, 15) is 0 Å². The highest BCUT2D eigenvalue weighted by Crippen LogP contribution is 2.26. The highest BCUT2D eigenvalue weighted by molar-refractivity contribution is 5.33. The van der Waals surface area contributed by atoms with E-state index in [-0.39, 0.29) is 0 Å². The van der Waals surface area contributed by atoms with Gasteiger partial charge in [0, 0.05) is 32.2 Å². The molecule has 3 nitrogen and oxygen atoms in total. The predicted octanol–water partition coefficient (Wildman–Crippen LogP) is 2.30. The molecule has 1 fully saturated rings. The molecule has 0 amide bonds. The fourth-order valence-electron chi connectivity index (χ4n) is 2.61. The average molecular weight is 243 g/mol. The summed E-state index contributed by atoms with van der Waals surface area (Å²) in [7, 11) is 0. The van der Waals surface area contributed by atoms with Gasteiger partial charge in [-0.15, -0.1) is 0 Å². The highest BCUT2D eigenvalue weighted by atomic mass is 15.2. The number of nitrogens with zero attached hydrogens (tertiary/aromatic N) is 2. The van der Waals surface area contributed by atoms with Crippen molar-refractivity contribution in [3.63, 3.8) is 0 Å². The molecule has 1 aromatic carbocycles. The van der Waals surface area contributed by atoms with Gasteiger partial charge in [-0.25, -0.2) is 0 Å². The second-order valence-electron chi connectivity index (χ2n) is 4.82. The van der Waals surface area contributed by atoms with E-state index >= 15 is 0 Å². The van der Waals surface area contributed by atoms with Crippen LogP contribution >= 0.6 is 0 Å². The SMILES string of the molecule is CCC[C@H](c1ccc(C#N)cc1)N1CCNCC1. The fraction of sp³-hybridized carbons (Fsp3) is 0.533. The summed E-state index contributed by atoms with van der Waals surface area (Å²) < 4.78 is 0. The number of nitrogens with one attached hydrogen (secondary N) is 1. The fourth-order valence-corrected chi connectivity index (χ4v) is 2.61. The number of piperazine rings is 1. The molecule has 18 heavy (non-hydrogen) atoms. The summed E-state index contributed by atoms with van der Waals surface area (Å²) in [5, 5.41) is 12.2. The maximum absolute atomic E-state index is 8.85. The number of benzene rings is 1. The number of nitriles is 1. The van der Waals surface area contributed by atoms with Crippen molar-refractivity contribution in [3.05, 3.63) is 35.4 Å². The molecule has 1 atom stereocenters. The Kier molecular flexibility index (Phi) is 4.74. The van der Waals surface area contributed by atoms with Gasteiger partial charge < -0.3 is 5.32 Å². The van der Waals surface area contributed by atoms with E-state index in [1.54, 1.807) is 0 Å². The third kappa shape index (κ3) is 3.10. The van der Waals surface area contributed by atoms with Gasteiger partial charge in [-0.2, -0.15) is 5.26 Å². The van der Waals surface area contributed by atoms with Crippen LogP contribution in [0.25, 0.3) is 0 Å². The average Bonchev–Trinajstić information content (AvgIpc) is 2.46. The van der Waals surface area contributed by atoms with E-state index in [2.05, 4.69) is 35.3 Å². The Labute approximate surface area is 109 Å². The van der Waals surface area contributed by atoms with Gasteiger partial charge in [0.05, 0.1) is 11.6 Å². The minimum atomic E-state index is 0.504. The molecule has 0 bridgehead atoms. The molecule has 0 aromatic heterocycles. The summed E-state index contributed by atoms with van der Waals surface area (Å²) >= 11 is 0. The third-order valence-electron chi connectivity index (χ3n) is 3.58. The molecule has 1 heterocycles. The van der Waals surface area contributed by atoms with Crippen molar-refractivity contribution < 1.29 is 0 Å². The predicted molar refractivity (Wildman–Crippen MR) is 73.2 cm³/mol. The first-order valence-electron chi connectivity index (χ1n) is 6.80. The van der Waals surface area contributed by atoms with Gasteiger partial charge in [0.2, 0.25) is 0 Å². The quantitative estimate of drug-likeness (QED) is 0.882. The lowest BCUT2D eigenvalue weighted by Crippen LogP contribution is -2.45. The van der Waals surface area contributed by atoms with E-state index in [1.807, 2.05) is 12.1 Å². The van der Waals surface area contributed by atoms with Crippen molar-refractivity contribution in [2.45, 2.75) is 25.8 Å². The van der Waals surface area contributed by atoms with Crippen molar-refractivity contribution >= 4 is 0 Å². The second kappa shape index (κ2) is 6.53. The van der Waals surface area contributed by atoms with Gasteiger partial charge >= 0.3 is 0 Å². The first-order valence-corrected chi connectivity index (χ1v) is 6.80. The van der Waals surface area contributed by atoms with Crippen molar-refractivity contribution in [1.29, 1.82) is 5.26 Å². The van der Waals surface area contributed by atoms with Crippen LogP contribution in [0, 0.1) is 11.3 Å². The van der Waals surface area contributed by atoms with E-state index in [1.165, 1.54) is 18.4 Å². The molecule has 1 aromatic rings. The zero-order valence-corrected chi connectivity index (χ0v) is 11.0. The highest BCUT2D eigenvalue weighted by Gasteiger charge is 2.21. The van der Waals surface area contributed by atoms with Crippen LogP contribution < -0.4 is 5.32 Å². The topological polar surface area (TPSA) is 39.1 Å². The Morgan fingerprint density at radius 1 is 1.28 bits per heavy atom. The zero-order chi connectivity index (χ0) is 12.8. The van der Waals surface area contributed by atoms with Gasteiger partial charge in [0.25, 0.3) is 0 Å². The summed E-state index contributed by atoms with van der Waals surface area (Å²) in [6, 6.07) is 10.8. The molecule has 2 rings (SSSR count). The largest absolute Gasteiger partial charge is 0.314 e. The van der Waals surface area contributed by atoms with Crippen LogP contribution in [0.1, 0.15) is 36.9 Å². The zero-order valence-electron chi connectivity index (χ0n) is 11.0. The first-order chi connectivity index (χ1) is 8.85. The molecule has 1 aliphatic heterocycles. The molecule has 3 heteroatoms. The van der Waals surface area contributed by atoms with Crippen LogP contribution in [0.4, 0.5) is 0 Å². The molecular formula is C15H21N3. The lowest BCUT2D eigenvalue weighted by Gasteiger charge is -2.35. The van der Waals surface area contributed by atoms with Crippen LogP contribution in [0.15, 0.2) is 24.3 Å². The molecule has 1 N–H and O–H groups in total. The molecule has 0 radical (unpaired) electrons. The minimum Gasteiger partial charge on any atom is -0.314 e. The minimum absolute atomic E-state index is 0.504. The molecule has 0 saturated carbocycles. The lowest BCUT2D eigenvalue weighted by molar-refractivity contribution is 0.164. The van der Waals surface area contributed by atoms with Gasteiger partial charge in [0.1, 0.15) is 0 Å². The van der Waals surface area contributed by atoms with Gasteiger partial charge in [-0.3, -0.25) is 4.90 Å². The van der Waals surface area contributed by atoms with Crippen molar-refractivity contribution in [3.8, 4) is 6.07 Å².